The first-order valence-electron chi connectivity index (χ1n) is 5.25. The van der Waals surface area contributed by atoms with Gasteiger partial charge in [0.25, 0.3) is 5.91 Å². The molecule has 0 aliphatic rings. The van der Waals surface area contributed by atoms with Gasteiger partial charge in [-0.3, -0.25) is 4.79 Å². The fourth-order valence-electron chi connectivity index (χ4n) is 1.08. The standard InChI is InChI=1S/C8H15N5O3S2/c1-3-11-18(15,16)5-4-10-6(14)7-12-13-8(9-2)17-7/h11H,3-5H2,1-2H3,(H,9,13)(H,10,14). The van der Waals surface area contributed by atoms with Gasteiger partial charge in [0.15, 0.2) is 0 Å². The molecule has 1 heterocycles. The molecule has 0 bridgehead atoms. The number of rotatable bonds is 7. The maximum Gasteiger partial charge on any atom is 0.282 e. The van der Waals surface area contributed by atoms with Gasteiger partial charge in [-0.1, -0.05) is 18.3 Å². The van der Waals surface area contributed by atoms with Gasteiger partial charge in [-0.2, -0.15) is 0 Å². The lowest BCUT2D eigenvalue weighted by atomic mass is 10.6. The monoisotopic (exact) mass is 293 g/mol. The molecule has 0 spiro atoms. The van der Waals surface area contributed by atoms with Crippen molar-refractivity contribution in [2.45, 2.75) is 6.92 Å². The first kappa shape index (κ1) is 14.8. The van der Waals surface area contributed by atoms with Crippen LogP contribution in [0.4, 0.5) is 5.13 Å². The molecular weight excluding hydrogens is 278 g/mol. The summed E-state index contributed by atoms with van der Waals surface area (Å²) >= 11 is 1.10. The van der Waals surface area contributed by atoms with Gasteiger partial charge < -0.3 is 10.6 Å². The molecule has 1 aromatic heterocycles. The van der Waals surface area contributed by atoms with Crippen LogP contribution in [-0.4, -0.2) is 50.4 Å². The Morgan fingerprint density at radius 2 is 2.11 bits per heavy atom. The number of nitrogens with one attached hydrogen (secondary N) is 3. The van der Waals surface area contributed by atoms with Crippen molar-refractivity contribution in [1.29, 1.82) is 0 Å². The van der Waals surface area contributed by atoms with Gasteiger partial charge in [0.1, 0.15) is 0 Å². The number of carbonyl (C=O) groups excluding carboxylic acids is 1. The van der Waals surface area contributed by atoms with Crippen LogP contribution >= 0.6 is 11.3 Å². The molecule has 0 unspecified atom stereocenters. The van der Waals surface area contributed by atoms with Crippen LogP contribution in [-0.2, 0) is 10.0 Å². The first-order chi connectivity index (χ1) is 8.48. The molecule has 18 heavy (non-hydrogen) atoms. The average molecular weight is 293 g/mol. The Hall–Kier alpha value is -1.26. The number of anilines is 1. The molecule has 0 aliphatic heterocycles. The number of hydrogen-bond donors (Lipinski definition) is 3. The summed E-state index contributed by atoms with van der Waals surface area (Å²) in [7, 11) is -1.65. The maximum atomic E-state index is 11.6. The van der Waals surface area contributed by atoms with Gasteiger partial charge in [0, 0.05) is 20.1 Å². The summed E-state index contributed by atoms with van der Waals surface area (Å²) in [5, 5.41) is 13.3. The van der Waals surface area contributed by atoms with E-state index in [0.717, 1.165) is 11.3 Å². The van der Waals surface area contributed by atoms with E-state index in [-0.39, 0.29) is 17.3 Å². The number of nitrogens with zero attached hydrogens (tertiary/aromatic N) is 2. The van der Waals surface area contributed by atoms with E-state index in [9.17, 15) is 13.2 Å². The summed E-state index contributed by atoms with van der Waals surface area (Å²) in [5.41, 5.74) is 0. The lowest BCUT2D eigenvalue weighted by Gasteiger charge is -2.04. The van der Waals surface area contributed by atoms with Crippen LogP contribution < -0.4 is 15.4 Å². The molecule has 10 heteroatoms. The zero-order valence-corrected chi connectivity index (χ0v) is 11.7. The van der Waals surface area contributed by atoms with Crippen molar-refractivity contribution in [3.05, 3.63) is 5.01 Å². The number of aromatic nitrogens is 2. The SMILES string of the molecule is CCNS(=O)(=O)CCNC(=O)c1nnc(NC)s1. The van der Waals surface area contributed by atoms with Crippen molar-refractivity contribution in [1.82, 2.24) is 20.2 Å². The van der Waals surface area contributed by atoms with Crippen molar-refractivity contribution in [3.8, 4) is 0 Å². The zero-order chi connectivity index (χ0) is 13.6. The van der Waals surface area contributed by atoms with Crippen LogP contribution in [0, 0.1) is 0 Å². The Balaban J connectivity index is 2.42. The fraction of sp³-hybridized carbons (Fsp3) is 0.625. The number of amides is 1. The molecule has 0 atom stereocenters. The van der Waals surface area contributed by atoms with Crippen LogP contribution in [0.5, 0.6) is 0 Å². The first-order valence-corrected chi connectivity index (χ1v) is 7.72. The Kier molecular flexibility index (Phi) is 5.44. The van der Waals surface area contributed by atoms with Gasteiger partial charge in [-0.05, 0) is 0 Å². The summed E-state index contributed by atoms with van der Waals surface area (Å²) in [5.74, 6) is -0.592. The van der Waals surface area contributed by atoms with Crippen LogP contribution in [0.1, 0.15) is 16.7 Å². The highest BCUT2D eigenvalue weighted by molar-refractivity contribution is 7.89. The van der Waals surface area contributed by atoms with Crippen molar-refractivity contribution in [3.63, 3.8) is 0 Å². The minimum absolute atomic E-state index is 0.0304. The molecule has 0 saturated heterocycles. The summed E-state index contributed by atoms with van der Waals surface area (Å²) in [4.78, 5) is 11.6. The van der Waals surface area contributed by atoms with E-state index in [4.69, 9.17) is 0 Å². The molecule has 1 amide bonds. The minimum Gasteiger partial charge on any atom is -0.363 e. The Morgan fingerprint density at radius 1 is 1.39 bits per heavy atom. The lowest BCUT2D eigenvalue weighted by molar-refractivity contribution is 0.0955. The van der Waals surface area contributed by atoms with Crippen LogP contribution in [0.2, 0.25) is 0 Å². The summed E-state index contributed by atoms with van der Waals surface area (Å²) in [6, 6.07) is 0. The molecule has 8 nitrogen and oxygen atoms in total. The van der Waals surface area contributed by atoms with Crippen molar-refractivity contribution in [2.24, 2.45) is 0 Å². The molecule has 0 radical (unpaired) electrons. The van der Waals surface area contributed by atoms with Crippen molar-refractivity contribution < 1.29 is 13.2 Å². The number of carbonyl (C=O) groups is 1. The quantitative estimate of drug-likeness (QED) is 0.609. The molecule has 1 aromatic rings. The maximum absolute atomic E-state index is 11.6. The molecule has 0 aliphatic carbocycles. The fourth-order valence-corrected chi connectivity index (χ4v) is 2.65. The zero-order valence-electron chi connectivity index (χ0n) is 10.1. The second kappa shape index (κ2) is 6.61. The Labute approximate surface area is 109 Å². The van der Waals surface area contributed by atoms with Crippen molar-refractivity contribution in [2.75, 3.05) is 31.2 Å². The van der Waals surface area contributed by atoms with E-state index in [1.807, 2.05) is 0 Å². The topological polar surface area (TPSA) is 113 Å². The van der Waals surface area contributed by atoms with E-state index < -0.39 is 15.9 Å². The lowest BCUT2D eigenvalue weighted by Crippen LogP contribution is -2.34. The normalized spacial score (nSPS) is 11.2. The third-order valence-corrected chi connectivity index (χ3v) is 4.26. The van der Waals surface area contributed by atoms with Crippen LogP contribution in [0.25, 0.3) is 0 Å². The second-order valence-electron chi connectivity index (χ2n) is 3.24. The van der Waals surface area contributed by atoms with E-state index in [1.165, 1.54) is 0 Å². The van der Waals surface area contributed by atoms with Gasteiger partial charge in [0.2, 0.25) is 20.2 Å². The van der Waals surface area contributed by atoms with E-state index in [2.05, 4.69) is 25.6 Å². The Bertz CT molecular complexity index is 499. The predicted molar refractivity (Wildman–Crippen MR) is 69.3 cm³/mol. The largest absolute Gasteiger partial charge is 0.363 e. The number of sulfonamides is 1. The van der Waals surface area contributed by atoms with E-state index in [0.29, 0.717) is 11.7 Å². The third-order valence-electron chi connectivity index (χ3n) is 1.85. The summed E-state index contributed by atoms with van der Waals surface area (Å²) < 4.78 is 24.9. The van der Waals surface area contributed by atoms with Gasteiger partial charge in [-0.25, -0.2) is 13.1 Å². The molecule has 1 rings (SSSR count). The highest BCUT2D eigenvalue weighted by atomic mass is 32.2. The number of hydrogen-bond acceptors (Lipinski definition) is 7. The summed E-state index contributed by atoms with van der Waals surface area (Å²) in [6.45, 7) is 2.05. The van der Waals surface area contributed by atoms with Crippen molar-refractivity contribution >= 4 is 32.4 Å². The molecule has 3 N–H and O–H groups in total. The third kappa shape index (κ3) is 4.55. The van der Waals surface area contributed by atoms with Gasteiger partial charge in [-0.15, -0.1) is 10.2 Å². The van der Waals surface area contributed by atoms with E-state index >= 15 is 0 Å². The predicted octanol–water partition coefficient (Wildman–Crippen LogP) is -0.751. The molecule has 102 valence electrons. The highest BCUT2D eigenvalue weighted by Crippen LogP contribution is 2.13. The van der Waals surface area contributed by atoms with Gasteiger partial charge >= 0.3 is 0 Å². The van der Waals surface area contributed by atoms with Crippen LogP contribution in [0.3, 0.4) is 0 Å². The summed E-state index contributed by atoms with van der Waals surface area (Å²) in [6.07, 6.45) is 0. The smallest absolute Gasteiger partial charge is 0.282 e. The molecule has 0 fully saturated rings. The minimum atomic E-state index is -3.32. The molecule has 0 aromatic carbocycles. The highest BCUT2D eigenvalue weighted by Gasteiger charge is 2.13. The van der Waals surface area contributed by atoms with E-state index in [1.54, 1.807) is 14.0 Å². The molecular formula is C8H15N5O3S2. The van der Waals surface area contributed by atoms with Gasteiger partial charge in [0.05, 0.1) is 5.75 Å². The average Bonchev–Trinajstić information content (AvgIpc) is 2.77. The second-order valence-corrected chi connectivity index (χ2v) is 6.14. The van der Waals surface area contributed by atoms with Crippen LogP contribution in [0.15, 0.2) is 0 Å². The Morgan fingerprint density at radius 3 is 2.67 bits per heavy atom. The molecule has 0 saturated carbocycles.